The van der Waals surface area contributed by atoms with Crippen molar-refractivity contribution in [1.82, 2.24) is 4.98 Å². The van der Waals surface area contributed by atoms with E-state index in [0.717, 1.165) is 0 Å². The highest BCUT2D eigenvalue weighted by Gasteiger charge is 2.10. The Labute approximate surface area is 101 Å². The number of hydrogen-bond donors (Lipinski definition) is 0. The summed E-state index contributed by atoms with van der Waals surface area (Å²) in [6, 6.07) is 4.87. The summed E-state index contributed by atoms with van der Waals surface area (Å²) in [5.74, 6) is -0.316. The predicted octanol–water partition coefficient (Wildman–Crippen LogP) is 4.42. The number of pyridine rings is 1. The number of hydrogen-bond acceptors (Lipinski definition) is 1. The summed E-state index contributed by atoms with van der Waals surface area (Å²) in [4.78, 5) is 3.93. The van der Waals surface area contributed by atoms with E-state index in [1.54, 1.807) is 12.1 Å². The summed E-state index contributed by atoms with van der Waals surface area (Å²) in [6.07, 6.45) is 0. The molecule has 0 aliphatic carbocycles. The second-order valence-corrected chi connectivity index (χ2v) is 4.04. The van der Waals surface area contributed by atoms with Crippen molar-refractivity contribution in [3.63, 3.8) is 0 Å². The first-order chi connectivity index (χ1) is 7.13. The molecule has 1 aromatic heterocycles. The van der Waals surface area contributed by atoms with E-state index in [1.165, 1.54) is 6.07 Å². The highest BCUT2D eigenvalue weighted by Crippen LogP contribution is 2.27. The van der Waals surface area contributed by atoms with E-state index < -0.39 is 5.82 Å². The molecule has 0 atom stereocenters. The second kappa shape index (κ2) is 4.12. The maximum absolute atomic E-state index is 13.5. The van der Waals surface area contributed by atoms with Gasteiger partial charge in [0.2, 0.25) is 0 Å². The smallest absolute Gasteiger partial charge is 0.168 e. The van der Waals surface area contributed by atoms with Crippen molar-refractivity contribution in [3.05, 3.63) is 39.8 Å². The Kier molecular flexibility index (Phi) is 3.01. The third-order valence-corrected chi connectivity index (χ3v) is 2.96. The molecule has 1 aromatic carbocycles. The Morgan fingerprint density at radius 1 is 1.27 bits per heavy atom. The number of nitrogens with zero attached hydrogens (tertiary/aromatic N) is 1. The molecule has 0 fully saturated rings. The summed E-state index contributed by atoms with van der Waals surface area (Å²) in [5.41, 5.74) is 0.842. The van der Waals surface area contributed by atoms with Gasteiger partial charge in [0.25, 0.3) is 0 Å². The minimum absolute atomic E-state index is 0.0321. The van der Waals surface area contributed by atoms with Gasteiger partial charge in [-0.2, -0.15) is 0 Å². The Morgan fingerprint density at radius 2 is 2.00 bits per heavy atom. The number of fused-ring (bicyclic) bond motifs is 1. The van der Waals surface area contributed by atoms with E-state index in [4.69, 9.17) is 34.8 Å². The molecule has 0 spiro atoms. The van der Waals surface area contributed by atoms with Crippen molar-refractivity contribution in [2.75, 3.05) is 0 Å². The van der Waals surface area contributed by atoms with Crippen molar-refractivity contribution < 1.29 is 4.39 Å². The van der Waals surface area contributed by atoms with Crippen LogP contribution in [-0.4, -0.2) is 4.98 Å². The molecule has 78 valence electrons. The van der Waals surface area contributed by atoms with Gasteiger partial charge in [0.15, 0.2) is 5.82 Å². The fourth-order valence-electron chi connectivity index (χ4n) is 1.30. The lowest BCUT2D eigenvalue weighted by molar-refractivity contribution is 0.637. The van der Waals surface area contributed by atoms with Gasteiger partial charge in [0, 0.05) is 10.9 Å². The predicted molar refractivity (Wildman–Crippen MR) is 61.3 cm³/mol. The average molecular weight is 265 g/mol. The lowest BCUT2D eigenvalue weighted by Gasteiger charge is -2.04. The molecule has 15 heavy (non-hydrogen) atoms. The van der Waals surface area contributed by atoms with Crippen LogP contribution in [0.3, 0.4) is 0 Å². The maximum atomic E-state index is 13.5. The summed E-state index contributed by atoms with van der Waals surface area (Å²) in [6.45, 7) is 0. The van der Waals surface area contributed by atoms with E-state index >= 15 is 0 Å². The van der Waals surface area contributed by atoms with Crippen LogP contribution < -0.4 is 0 Å². The van der Waals surface area contributed by atoms with Crippen LogP contribution in [0.2, 0.25) is 10.2 Å². The molecular weight excluding hydrogens is 259 g/mol. The number of rotatable bonds is 1. The molecule has 0 unspecified atom stereocenters. The van der Waals surface area contributed by atoms with Gasteiger partial charge < -0.3 is 0 Å². The van der Waals surface area contributed by atoms with Gasteiger partial charge in [-0.1, -0.05) is 29.3 Å². The summed E-state index contributed by atoms with van der Waals surface area (Å²) >= 11 is 17.1. The minimum atomic E-state index is -0.558. The Morgan fingerprint density at radius 3 is 2.67 bits per heavy atom. The summed E-state index contributed by atoms with van der Waals surface area (Å²) in [7, 11) is 0. The first-order valence-electron chi connectivity index (χ1n) is 4.12. The van der Waals surface area contributed by atoms with Gasteiger partial charge in [-0.25, -0.2) is 9.37 Å². The highest BCUT2D eigenvalue weighted by atomic mass is 35.5. The standard InChI is InChI=1S/C10H5Cl3FN/c11-4-6-3-5-1-2-7(12)8(14)9(5)15-10(6)13/h1-3H,4H2. The normalized spacial score (nSPS) is 10.9. The van der Waals surface area contributed by atoms with Crippen molar-refractivity contribution in [1.29, 1.82) is 0 Å². The molecule has 0 aliphatic heterocycles. The van der Waals surface area contributed by atoms with Gasteiger partial charge in [-0.15, -0.1) is 11.6 Å². The quantitative estimate of drug-likeness (QED) is 0.549. The van der Waals surface area contributed by atoms with E-state index in [2.05, 4.69) is 4.98 Å². The fourth-order valence-corrected chi connectivity index (χ4v) is 1.93. The highest BCUT2D eigenvalue weighted by molar-refractivity contribution is 6.32. The van der Waals surface area contributed by atoms with Gasteiger partial charge in [0.05, 0.1) is 10.9 Å². The molecule has 0 radical (unpaired) electrons. The van der Waals surface area contributed by atoms with E-state index in [-0.39, 0.29) is 21.6 Å². The van der Waals surface area contributed by atoms with Crippen molar-refractivity contribution in [2.45, 2.75) is 5.88 Å². The van der Waals surface area contributed by atoms with Gasteiger partial charge in [-0.3, -0.25) is 0 Å². The SMILES string of the molecule is Fc1c(Cl)ccc2cc(CCl)c(Cl)nc12. The van der Waals surface area contributed by atoms with Gasteiger partial charge in [0.1, 0.15) is 10.7 Å². The summed E-state index contributed by atoms with van der Waals surface area (Å²) < 4.78 is 13.5. The molecular formula is C10H5Cl3FN. The van der Waals surface area contributed by atoms with Crippen LogP contribution in [0, 0.1) is 5.82 Å². The van der Waals surface area contributed by atoms with Crippen LogP contribution >= 0.6 is 34.8 Å². The monoisotopic (exact) mass is 263 g/mol. The van der Waals surface area contributed by atoms with E-state index in [0.29, 0.717) is 10.9 Å². The van der Waals surface area contributed by atoms with Crippen LogP contribution in [0.15, 0.2) is 18.2 Å². The minimum Gasteiger partial charge on any atom is -0.233 e. The summed E-state index contributed by atoms with van der Waals surface area (Å²) in [5, 5.41) is 0.875. The van der Waals surface area contributed by atoms with Crippen molar-refractivity contribution >= 4 is 45.7 Å². The topological polar surface area (TPSA) is 12.9 Å². The molecule has 1 nitrogen and oxygen atoms in total. The number of benzene rings is 1. The largest absolute Gasteiger partial charge is 0.233 e. The number of aromatic nitrogens is 1. The van der Waals surface area contributed by atoms with E-state index in [1.807, 2.05) is 0 Å². The molecule has 5 heteroatoms. The third kappa shape index (κ3) is 1.89. The third-order valence-electron chi connectivity index (χ3n) is 2.05. The molecule has 1 heterocycles. The first kappa shape index (κ1) is 10.9. The molecule has 0 bridgehead atoms. The van der Waals surface area contributed by atoms with Crippen LogP contribution in [0.25, 0.3) is 10.9 Å². The molecule has 0 aliphatic rings. The Bertz CT molecular complexity index is 528. The van der Waals surface area contributed by atoms with E-state index in [9.17, 15) is 4.39 Å². The Hall–Kier alpha value is -0.570. The zero-order valence-electron chi connectivity index (χ0n) is 7.40. The molecule has 2 rings (SSSR count). The molecule has 0 saturated carbocycles. The van der Waals surface area contributed by atoms with Gasteiger partial charge >= 0.3 is 0 Å². The maximum Gasteiger partial charge on any atom is 0.168 e. The second-order valence-electron chi connectivity index (χ2n) is 3.01. The zero-order chi connectivity index (χ0) is 11.0. The number of alkyl halides is 1. The van der Waals surface area contributed by atoms with Crippen LogP contribution in [0.4, 0.5) is 4.39 Å². The van der Waals surface area contributed by atoms with Crippen LogP contribution in [0.1, 0.15) is 5.56 Å². The molecule has 2 aromatic rings. The molecule has 0 amide bonds. The molecule has 0 saturated heterocycles. The zero-order valence-corrected chi connectivity index (χ0v) is 9.67. The Balaban J connectivity index is 2.81. The van der Waals surface area contributed by atoms with Crippen molar-refractivity contribution in [3.8, 4) is 0 Å². The fraction of sp³-hybridized carbons (Fsp3) is 0.100. The van der Waals surface area contributed by atoms with Crippen LogP contribution in [-0.2, 0) is 5.88 Å². The number of halogens is 4. The van der Waals surface area contributed by atoms with Crippen molar-refractivity contribution in [2.24, 2.45) is 0 Å². The lowest BCUT2D eigenvalue weighted by atomic mass is 10.2. The first-order valence-corrected chi connectivity index (χ1v) is 5.41. The average Bonchev–Trinajstić information content (AvgIpc) is 2.24. The van der Waals surface area contributed by atoms with Gasteiger partial charge in [-0.05, 0) is 12.1 Å². The lowest BCUT2D eigenvalue weighted by Crippen LogP contribution is -1.90. The van der Waals surface area contributed by atoms with Crippen LogP contribution in [0.5, 0.6) is 0 Å². The molecule has 0 N–H and O–H groups in total.